The monoisotopic (exact) mass is 188 g/mol. The fourth-order valence-corrected chi connectivity index (χ4v) is 3.33. The van der Waals surface area contributed by atoms with Crippen molar-refractivity contribution in [2.24, 2.45) is 5.92 Å². The van der Waals surface area contributed by atoms with E-state index in [2.05, 4.69) is 0 Å². The second kappa shape index (κ2) is 3.97. The van der Waals surface area contributed by atoms with Gasteiger partial charge in [0.25, 0.3) is 0 Å². The van der Waals surface area contributed by atoms with E-state index in [4.69, 9.17) is 11.6 Å². The van der Waals surface area contributed by atoms with Crippen LogP contribution in [0.5, 0.6) is 0 Å². The average Bonchev–Trinajstić information content (AvgIpc) is 2.17. The van der Waals surface area contributed by atoms with Crippen molar-refractivity contribution in [2.75, 3.05) is 19.0 Å². The second-order valence-electron chi connectivity index (χ2n) is 4.32. The van der Waals surface area contributed by atoms with Crippen LogP contribution in [0, 0.1) is 5.92 Å². The van der Waals surface area contributed by atoms with Crippen LogP contribution in [0.15, 0.2) is 0 Å². The van der Waals surface area contributed by atoms with E-state index in [9.17, 15) is 0 Å². The normalized spacial score (nSPS) is 42.2. The van der Waals surface area contributed by atoms with Crippen molar-refractivity contribution >= 4 is 11.6 Å². The third kappa shape index (κ3) is 1.62. The molecule has 0 radical (unpaired) electrons. The van der Waals surface area contributed by atoms with Crippen LogP contribution in [-0.4, -0.2) is 25.0 Å². The van der Waals surface area contributed by atoms with E-state index in [1.807, 2.05) is 4.90 Å². The summed E-state index contributed by atoms with van der Waals surface area (Å²) in [5.74, 6) is 1.73. The molecule has 2 saturated heterocycles. The molecule has 2 aliphatic heterocycles. The molecule has 0 amide bonds. The number of hydrogen-bond donors (Lipinski definition) is 1. The van der Waals surface area contributed by atoms with Crippen LogP contribution in [0.25, 0.3) is 0 Å². The average molecular weight is 189 g/mol. The van der Waals surface area contributed by atoms with Gasteiger partial charge in [-0.2, -0.15) is 0 Å². The van der Waals surface area contributed by atoms with E-state index in [0.29, 0.717) is 0 Å². The van der Waals surface area contributed by atoms with Crippen LogP contribution in [-0.2, 0) is 0 Å². The molecule has 12 heavy (non-hydrogen) atoms. The smallest absolute Gasteiger partial charge is 0.0914 e. The summed E-state index contributed by atoms with van der Waals surface area (Å²) < 4.78 is 0. The Morgan fingerprint density at radius 2 is 1.92 bits per heavy atom. The first-order valence-corrected chi connectivity index (χ1v) is 5.86. The molecule has 2 heterocycles. The number of alkyl halides is 1. The number of fused-ring (bicyclic) bond motifs is 1. The molecular weight excluding hydrogens is 170 g/mol. The van der Waals surface area contributed by atoms with Gasteiger partial charge in [0, 0.05) is 11.8 Å². The summed E-state index contributed by atoms with van der Waals surface area (Å²) in [4.78, 5) is 1.86. The lowest BCUT2D eigenvalue weighted by Crippen LogP contribution is -3.18. The Bertz CT molecular complexity index is 140. The molecule has 0 aliphatic carbocycles. The zero-order valence-electron chi connectivity index (χ0n) is 7.69. The van der Waals surface area contributed by atoms with Crippen molar-refractivity contribution in [2.45, 2.75) is 38.1 Å². The maximum atomic E-state index is 5.99. The zero-order chi connectivity index (χ0) is 8.39. The van der Waals surface area contributed by atoms with Crippen molar-refractivity contribution in [3.63, 3.8) is 0 Å². The molecule has 1 unspecified atom stereocenters. The van der Waals surface area contributed by atoms with Crippen LogP contribution in [0.2, 0.25) is 0 Å². The topological polar surface area (TPSA) is 4.44 Å². The fraction of sp³-hybridized carbons (Fsp3) is 1.00. The van der Waals surface area contributed by atoms with Crippen molar-refractivity contribution in [3.05, 3.63) is 0 Å². The first-order valence-electron chi connectivity index (χ1n) is 5.32. The van der Waals surface area contributed by atoms with E-state index in [1.54, 1.807) is 0 Å². The van der Waals surface area contributed by atoms with Gasteiger partial charge in [-0.05, 0) is 32.1 Å². The van der Waals surface area contributed by atoms with Gasteiger partial charge in [0.1, 0.15) is 0 Å². The van der Waals surface area contributed by atoms with E-state index >= 15 is 0 Å². The minimum atomic E-state index is 0.829. The van der Waals surface area contributed by atoms with E-state index in [1.165, 1.54) is 45.2 Å². The van der Waals surface area contributed by atoms with E-state index in [0.717, 1.165) is 17.8 Å². The molecule has 2 rings (SSSR count). The quantitative estimate of drug-likeness (QED) is 0.588. The highest BCUT2D eigenvalue weighted by Crippen LogP contribution is 2.20. The molecule has 0 aromatic heterocycles. The summed E-state index contributed by atoms with van der Waals surface area (Å²) in [6, 6.07) is 0.921. The molecule has 0 spiro atoms. The van der Waals surface area contributed by atoms with Crippen molar-refractivity contribution in [1.82, 2.24) is 0 Å². The number of nitrogens with one attached hydrogen (secondary N) is 1. The molecule has 2 heteroatoms. The molecule has 0 aromatic carbocycles. The highest BCUT2D eigenvalue weighted by molar-refractivity contribution is 6.18. The zero-order valence-corrected chi connectivity index (χ0v) is 8.45. The van der Waals surface area contributed by atoms with Gasteiger partial charge in [0.05, 0.1) is 19.1 Å². The molecule has 0 aromatic rings. The lowest BCUT2D eigenvalue weighted by molar-refractivity contribution is -0.939. The minimum absolute atomic E-state index is 0.829. The highest BCUT2D eigenvalue weighted by Gasteiger charge is 2.35. The molecule has 1 nitrogen and oxygen atoms in total. The van der Waals surface area contributed by atoms with E-state index in [-0.39, 0.29) is 0 Å². The number of rotatable bonds is 1. The van der Waals surface area contributed by atoms with Crippen molar-refractivity contribution < 1.29 is 4.90 Å². The van der Waals surface area contributed by atoms with Gasteiger partial charge in [-0.3, -0.25) is 0 Å². The van der Waals surface area contributed by atoms with E-state index < -0.39 is 0 Å². The Balaban J connectivity index is 1.99. The van der Waals surface area contributed by atoms with Crippen LogP contribution in [0.4, 0.5) is 0 Å². The summed E-state index contributed by atoms with van der Waals surface area (Å²) in [5, 5.41) is 0. The minimum Gasteiger partial charge on any atom is -0.332 e. The SMILES string of the molecule is ClC[C@H]1CCC[NH+]2CCCC[C@H]12. The van der Waals surface area contributed by atoms with Gasteiger partial charge >= 0.3 is 0 Å². The third-order valence-corrected chi connectivity index (χ3v) is 4.02. The molecule has 1 N–H and O–H groups in total. The van der Waals surface area contributed by atoms with Gasteiger partial charge in [-0.15, -0.1) is 11.6 Å². The molecule has 3 atom stereocenters. The third-order valence-electron chi connectivity index (χ3n) is 3.63. The first-order chi connectivity index (χ1) is 5.92. The highest BCUT2D eigenvalue weighted by atomic mass is 35.5. The van der Waals surface area contributed by atoms with Crippen molar-refractivity contribution in [1.29, 1.82) is 0 Å². The standard InChI is InChI=1S/C10H18ClN/c11-8-9-4-3-7-12-6-2-1-5-10(9)12/h9-10H,1-8H2/p+1/t9-,10-/m1/s1. The van der Waals surface area contributed by atoms with Gasteiger partial charge in [0.2, 0.25) is 0 Å². The van der Waals surface area contributed by atoms with Gasteiger partial charge in [-0.25, -0.2) is 0 Å². The molecule has 2 aliphatic rings. The summed E-state index contributed by atoms with van der Waals surface area (Å²) in [7, 11) is 0. The number of quaternary nitrogens is 1. The summed E-state index contributed by atoms with van der Waals surface area (Å²) in [6.07, 6.45) is 7.12. The maximum absolute atomic E-state index is 5.99. The van der Waals surface area contributed by atoms with Gasteiger partial charge < -0.3 is 4.90 Å². The van der Waals surface area contributed by atoms with Crippen LogP contribution < -0.4 is 4.90 Å². The summed E-state index contributed by atoms with van der Waals surface area (Å²) in [6.45, 7) is 2.83. The lowest BCUT2D eigenvalue weighted by Gasteiger charge is -2.40. The Morgan fingerprint density at radius 1 is 1.08 bits per heavy atom. The summed E-state index contributed by atoms with van der Waals surface area (Å²) >= 11 is 5.99. The summed E-state index contributed by atoms with van der Waals surface area (Å²) in [5.41, 5.74) is 0. The fourth-order valence-electron chi connectivity index (χ4n) is 2.96. The molecule has 0 bridgehead atoms. The second-order valence-corrected chi connectivity index (χ2v) is 4.63. The first kappa shape index (κ1) is 8.83. The van der Waals surface area contributed by atoms with Gasteiger partial charge in [-0.1, -0.05) is 0 Å². The van der Waals surface area contributed by atoms with Crippen LogP contribution in [0.3, 0.4) is 0 Å². The van der Waals surface area contributed by atoms with Crippen molar-refractivity contribution in [3.8, 4) is 0 Å². The predicted molar refractivity (Wildman–Crippen MR) is 51.8 cm³/mol. The largest absolute Gasteiger partial charge is 0.332 e. The Kier molecular flexibility index (Phi) is 2.92. The molecule has 70 valence electrons. The van der Waals surface area contributed by atoms with Gasteiger partial charge in [0.15, 0.2) is 0 Å². The predicted octanol–water partition coefficient (Wildman–Crippen LogP) is 1.07. The van der Waals surface area contributed by atoms with Crippen LogP contribution in [0.1, 0.15) is 32.1 Å². The van der Waals surface area contributed by atoms with Crippen LogP contribution >= 0.6 is 11.6 Å². The number of halogens is 1. The lowest BCUT2D eigenvalue weighted by atomic mass is 9.85. The molecular formula is C10H19ClN+. The Hall–Kier alpha value is 0.250. The Labute approximate surface area is 80.1 Å². The maximum Gasteiger partial charge on any atom is 0.0914 e. The Morgan fingerprint density at radius 3 is 2.75 bits per heavy atom. The molecule has 2 fully saturated rings. The number of hydrogen-bond acceptors (Lipinski definition) is 0. The molecule has 0 saturated carbocycles. The number of piperidine rings is 2.